The number of rotatable bonds is 3. The molecule has 0 bridgehead atoms. The maximum absolute atomic E-state index is 13.8. The molecule has 0 spiro atoms. The lowest BCUT2D eigenvalue weighted by molar-refractivity contribution is 0.240. The lowest BCUT2D eigenvalue weighted by Crippen LogP contribution is -2.35. The van der Waals surface area contributed by atoms with Crippen molar-refractivity contribution in [3.8, 4) is 11.4 Å². The van der Waals surface area contributed by atoms with Crippen LogP contribution in [0, 0.1) is 12.7 Å². The van der Waals surface area contributed by atoms with E-state index in [0.717, 1.165) is 28.9 Å². The summed E-state index contributed by atoms with van der Waals surface area (Å²) < 4.78 is 13.8. The molecular weight excluding hydrogens is 365 g/mol. The normalized spacial score (nSPS) is 14.2. The number of fused-ring (bicyclic) bond motifs is 1. The van der Waals surface area contributed by atoms with Gasteiger partial charge in [-0.25, -0.2) is 9.37 Å². The second kappa shape index (κ2) is 7.25. The number of H-pyrrole nitrogens is 1. The number of nitrogens with one attached hydrogen (secondary N) is 1. The van der Waals surface area contributed by atoms with Gasteiger partial charge >= 0.3 is 0 Å². The van der Waals surface area contributed by atoms with Gasteiger partial charge in [-0.05, 0) is 54.8 Å². The van der Waals surface area contributed by atoms with E-state index in [9.17, 15) is 9.18 Å². The third kappa shape index (κ3) is 3.66. The number of aromatic amines is 1. The van der Waals surface area contributed by atoms with Gasteiger partial charge in [-0.2, -0.15) is 0 Å². The molecule has 138 valence electrons. The number of hydrogen-bond acceptors (Lipinski definition) is 3. The Morgan fingerprint density at radius 3 is 2.78 bits per heavy atom. The molecule has 27 heavy (non-hydrogen) atoms. The largest absolute Gasteiger partial charge is 0.306 e. The molecule has 3 aromatic rings. The molecule has 2 aromatic carbocycles. The van der Waals surface area contributed by atoms with Gasteiger partial charge in [0.05, 0.1) is 5.69 Å². The Hall–Kier alpha value is -2.50. The first kappa shape index (κ1) is 17.9. The zero-order valence-corrected chi connectivity index (χ0v) is 15.7. The summed E-state index contributed by atoms with van der Waals surface area (Å²) >= 11 is 5.94. The van der Waals surface area contributed by atoms with E-state index in [1.165, 1.54) is 6.07 Å². The summed E-state index contributed by atoms with van der Waals surface area (Å²) in [4.78, 5) is 22.3. The molecule has 0 saturated carbocycles. The van der Waals surface area contributed by atoms with Crippen molar-refractivity contribution in [1.82, 2.24) is 14.9 Å². The lowest BCUT2D eigenvalue weighted by atomic mass is 10.0. The average Bonchev–Trinajstić information content (AvgIpc) is 2.66. The number of nitrogens with zero attached hydrogens (tertiary/aromatic N) is 2. The first-order chi connectivity index (χ1) is 13.0. The molecule has 6 heteroatoms. The van der Waals surface area contributed by atoms with E-state index in [2.05, 4.69) is 9.88 Å². The Bertz CT molecular complexity index is 1050. The van der Waals surface area contributed by atoms with Gasteiger partial charge in [-0.15, -0.1) is 0 Å². The van der Waals surface area contributed by atoms with Gasteiger partial charge in [-0.1, -0.05) is 23.7 Å². The van der Waals surface area contributed by atoms with Crippen molar-refractivity contribution < 1.29 is 4.39 Å². The van der Waals surface area contributed by atoms with Crippen LogP contribution in [-0.4, -0.2) is 21.4 Å². The number of benzene rings is 2. The van der Waals surface area contributed by atoms with Crippen LogP contribution in [0.25, 0.3) is 11.4 Å². The molecule has 0 amide bonds. The Kier molecular flexibility index (Phi) is 4.81. The molecular formula is C21H19ClFN3O. The van der Waals surface area contributed by atoms with E-state index in [-0.39, 0.29) is 11.4 Å². The SMILES string of the molecule is Cc1c(F)cccc1CN1CCc2c(nc(-c3ccc(Cl)cc3)[nH]c2=O)C1. The Morgan fingerprint density at radius 2 is 2.00 bits per heavy atom. The van der Waals surface area contributed by atoms with Gasteiger partial charge < -0.3 is 4.98 Å². The second-order valence-electron chi connectivity index (χ2n) is 6.83. The fourth-order valence-electron chi connectivity index (χ4n) is 3.44. The maximum atomic E-state index is 13.8. The average molecular weight is 384 g/mol. The summed E-state index contributed by atoms with van der Waals surface area (Å²) in [6, 6.07) is 12.4. The van der Waals surface area contributed by atoms with E-state index in [1.54, 1.807) is 25.1 Å². The fraction of sp³-hybridized carbons (Fsp3) is 0.238. The van der Waals surface area contributed by atoms with E-state index >= 15 is 0 Å². The molecule has 0 fully saturated rings. The van der Waals surface area contributed by atoms with Crippen LogP contribution in [0.3, 0.4) is 0 Å². The molecule has 4 nitrogen and oxygen atoms in total. The summed E-state index contributed by atoms with van der Waals surface area (Å²) in [6.07, 6.45) is 0.632. The van der Waals surface area contributed by atoms with E-state index in [1.807, 2.05) is 18.2 Å². The lowest BCUT2D eigenvalue weighted by Gasteiger charge is -2.28. The first-order valence-corrected chi connectivity index (χ1v) is 9.23. The summed E-state index contributed by atoms with van der Waals surface area (Å²) in [7, 11) is 0. The molecule has 0 aliphatic carbocycles. The highest BCUT2D eigenvalue weighted by Crippen LogP contribution is 2.22. The number of hydrogen-bond donors (Lipinski definition) is 1. The summed E-state index contributed by atoms with van der Waals surface area (Å²) in [5.41, 5.74) is 3.87. The van der Waals surface area contributed by atoms with E-state index < -0.39 is 0 Å². The zero-order valence-electron chi connectivity index (χ0n) is 14.9. The van der Waals surface area contributed by atoms with Crippen LogP contribution in [0.5, 0.6) is 0 Å². The standard InChI is InChI=1S/C21H19ClFN3O/c1-13-15(3-2-4-18(13)23)11-26-10-9-17-19(12-26)24-20(25-21(17)27)14-5-7-16(22)8-6-14/h2-8H,9-12H2,1H3,(H,24,25,27). The third-order valence-corrected chi connectivity index (χ3v) is 5.30. The minimum absolute atomic E-state index is 0.0912. The predicted octanol–water partition coefficient (Wildman–Crippen LogP) is 4.10. The summed E-state index contributed by atoms with van der Waals surface area (Å²) in [5, 5.41) is 0.635. The van der Waals surface area contributed by atoms with E-state index in [4.69, 9.17) is 16.6 Å². The molecule has 0 unspecified atom stereocenters. The van der Waals surface area contributed by atoms with Crippen LogP contribution in [0.15, 0.2) is 47.3 Å². The van der Waals surface area contributed by atoms with Crippen molar-refractivity contribution in [3.05, 3.63) is 86.0 Å². The maximum Gasteiger partial charge on any atom is 0.254 e. The highest BCUT2D eigenvalue weighted by atomic mass is 35.5. The smallest absolute Gasteiger partial charge is 0.254 e. The van der Waals surface area contributed by atoms with Gasteiger partial charge in [0.1, 0.15) is 11.6 Å². The van der Waals surface area contributed by atoms with Crippen LogP contribution < -0.4 is 5.56 Å². The molecule has 4 rings (SSSR count). The van der Waals surface area contributed by atoms with Crippen molar-refractivity contribution in [2.75, 3.05) is 6.54 Å². The van der Waals surface area contributed by atoms with Crippen LogP contribution in [-0.2, 0) is 19.5 Å². The van der Waals surface area contributed by atoms with Gasteiger partial charge in [0.15, 0.2) is 0 Å². The van der Waals surface area contributed by atoms with Gasteiger partial charge in [0.25, 0.3) is 5.56 Å². The molecule has 0 atom stereocenters. The molecule has 1 aliphatic heterocycles. The fourth-order valence-corrected chi connectivity index (χ4v) is 3.56. The van der Waals surface area contributed by atoms with Gasteiger partial charge in [-0.3, -0.25) is 9.69 Å². The Labute approximate surface area is 161 Å². The summed E-state index contributed by atoms with van der Waals surface area (Å²) in [5.74, 6) is 0.351. The molecule has 1 aromatic heterocycles. The van der Waals surface area contributed by atoms with Crippen molar-refractivity contribution in [2.24, 2.45) is 0 Å². The van der Waals surface area contributed by atoms with Crippen molar-refractivity contribution in [3.63, 3.8) is 0 Å². The minimum Gasteiger partial charge on any atom is -0.306 e. The third-order valence-electron chi connectivity index (χ3n) is 5.04. The van der Waals surface area contributed by atoms with Crippen LogP contribution in [0.2, 0.25) is 5.02 Å². The van der Waals surface area contributed by atoms with Crippen molar-refractivity contribution in [2.45, 2.75) is 26.4 Å². The number of aromatic nitrogens is 2. The Balaban J connectivity index is 1.62. The second-order valence-corrected chi connectivity index (χ2v) is 7.27. The molecule has 2 heterocycles. The monoisotopic (exact) mass is 383 g/mol. The quantitative estimate of drug-likeness (QED) is 0.740. The Morgan fingerprint density at radius 1 is 1.22 bits per heavy atom. The number of halogens is 2. The molecule has 0 saturated heterocycles. The predicted molar refractivity (Wildman–Crippen MR) is 104 cm³/mol. The van der Waals surface area contributed by atoms with Crippen LogP contribution in [0.4, 0.5) is 4.39 Å². The minimum atomic E-state index is -0.190. The first-order valence-electron chi connectivity index (χ1n) is 8.85. The van der Waals surface area contributed by atoms with Crippen molar-refractivity contribution in [1.29, 1.82) is 0 Å². The molecule has 1 aliphatic rings. The van der Waals surface area contributed by atoms with Crippen molar-refractivity contribution >= 4 is 11.6 Å². The highest BCUT2D eigenvalue weighted by molar-refractivity contribution is 6.30. The van der Waals surface area contributed by atoms with E-state index in [0.29, 0.717) is 35.9 Å². The topological polar surface area (TPSA) is 49.0 Å². The van der Waals surface area contributed by atoms with Crippen LogP contribution in [0.1, 0.15) is 22.4 Å². The van der Waals surface area contributed by atoms with Crippen LogP contribution >= 0.6 is 11.6 Å². The molecule has 0 radical (unpaired) electrons. The highest BCUT2D eigenvalue weighted by Gasteiger charge is 2.22. The zero-order chi connectivity index (χ0) is 19.0. The summed E-state index contributed by atoms with van der Waals surface area (Å²) in [6.45, 7) is 3.74. The molecule has 1 N–H and O–H groups in total. The van der Waals surface area contributed by atoms with Gasteiger partial charge in [0.2, 0.25) is 0 Å². The van der Waals surface area contributed by atoms with Gasteiger partial charge in [0, 0.05) is 35.8 Å².